The summed E-state index contributed by atoms with van der Waals surface area (Å²) in [4.78, 5) is 23.9. The molecule has 0 spiro atoms. The first-order valence-electron chi connectivity index (χ1n) is 6.96. The fourth-order valence-electron chi connectivity index (χ4n) is 3.82. The van der Waals surface area contributed by atoms with E-state index in [0.717, 1.165) is 19.3 Å². The van der Waals surface area contributed by atoms with Crippen LogP contribution in [0.15, 0.2) is 18.2 Å². The Labute approximate surface area is 132 Å². The van der Waals surface area contributed by atoms with Crippen molar-refractivity contribution in [2.24, 2.45) is 23.7 Å². The van der Waals surface area contributed by atoms with E-state index in [2.05, 4.69) is 5.32 Å². The SMILES string of the molecule is O=C(O)[C@H]1[C@H]2CC[C@@H](C2)[C@@H]1C(=O)Nc1ccc(Cl)c(Cl)c1. The molecular formula is C15H15Cl2NO3. The number of halogens is 2. The molecule has 4 nitrogen and oxygen atoms in total. The van der Waals surface area contributed by atoms with Gasteiger partial charge in [-0.1, -0.05) is 23.2 Å². The first kappa shape index (κ1) is 14.7. The van der Waals surface area contributed by atoms with E-state index in [1.54, 1.807) is 18.2 Å². The van der Waals surface area contributed by atoms with Crippen LogP contribution in [0.5, 0.6) is 0 Å². The van der Waals surface area contributed by atoms with E-state index in [-0.39, 0.29) is 17.7 Å². The largest absolute Gasteiger partial charge is 0.481 e. The molecule has 2 aliphatic rings. The lowest BCUT2D eigenvalue weighted by Crippen LogP contribution is -2.37. The smallest absolute Gasteiger partial charge is 0.307 e. The molecule has 4 atom stereocenters. The lowest BCUT2D eigenvalue weighted by Gasteiger charge is -2.27. The van der Waals surface area contributed by atoms with Gasteiger partial charge in [-0.25, -0.2) is 0 Å². The van der Waals surface area contributed by atoms with Crippen LogP contribution in [0, 0.1) is 23.7 Å². The minimum Gasteiger partial charge on any atom is -0.481 e. The fourth-order valence-corrected chi connectivity index (χ4v) is 4.12. The summed E-state index contributed by atoms with van der Waals surface area (Å²) in [6.45, 7) is 0. The number of rotatable bonds is 3. The Balaban J connectivity index is 1.78. The Kier molecular flexibility index (Phi) is 3.84. The van der Waals surface area contributed by atoms with Crippen molar-refractivity contribution in [3.63, 3.8) is 0 Å². The number of amides is 1. The topological polar surface area (TPSA) is 66.4 Å². The van der Waals surface area contributed by atoms with E-state index >= 15 is 0 Å². The van der Waals surface area contributed by atoms with Crippen molar-refractivity contribution in [1.29, 1.82) is 0 Å². The lowest BCUT2D eigenvalue weighted by molar-refractivity contribution is -0.148. The number of hydrogen-bond donors (Lipinski definition) is 2. The summed E-state index contributed by atoms with van der Waals surface area (Å²) in [6.07, 6.45) is 2.70. The minimum absolute atomic E-state index is 0.136. The normalized spacial score (nSPS) is 30.4. The first-order chi connectivity index (χ1) is 9.97. The van der Waals surface area contributed by atoms with Crippen LogP contribution in [-0.2, 0) is 9.59 Å². The number of carboxylic acid groups (broad SMARTS) is 1. The maximum Gasteiger partial charge on any atom is 0.307 e. The second-order valence-electron chi connectivity index (χ2n) is 5.84. The molecule has 0 unspecified atom stereocenters. The average Bonchev–Trinajstić information content (AvgIpc) is 3.03. The number of carbonyl (C=O) groups is 2. The molecule has 0 aliphatic heterocycles. The predicted molar refractivity (Wildman–Crippen MR) is 80.5 cm³/mol. The number of fused-ring (bicyclic) bond motifs is 2. The van der Waals surface area contributed by atoms with Gasteiger partial charge in [0, 0.05) is 5.69 Å². The highest BCUT2D eigenvalue weighted by atomic mass is 35.5. The Morgan fingerprint density at radius 3 is 2.38 bits per heavy atom. The Hall–Kier alpha value is -1.26. The van der Waals surface area contributed by atoms with Crippen LogP contribution in [0.3, 0.4) is 0 Å². The van der Waals surface area contributed by atoms with Gasteiger partial charge in [0.05, 0.1) is 21.9 Å². The van der Waals surface area contributed by atoms with Gasteiger partial charge in [0.15, 0.2) is 0 Å². The zero-order valence-electron chi connectivity index (χ0n) is 11.2. The predicted octanol–water partition coefficient (Wildman–Crippen LogP) is 3.68. The van der Waals surface area contributed by atoms with Crippen molar-refractivity contribution in [3.8, 4) is 0 Å². The van der Waals surface area contributed by atoms with Gasteiger partial charge in [0.1, 0.15) is 0 Å². The van der Waals surface area contributed by atoms with Crippen LogP contribution in [0.1, 0.15) is 19.3 Å². The second-order valence-corrected chi connectivity index (χ2v) is 6.66. The number of carbonyl (C=O) groups excluding carboxylic acids is 1. The molecule has 2 saturated carbocycles. The van der Waals surface area contributed by atoms with Crippen molar-refractivity contribution in [3.05, 3.63) is 28.2 Å². The summed E-state index contributed by atoms with van der Waals surface area (Å²) in [7, 11) is 0. The molecule has 2 N–H and O–H groups in total. The van der Waals surface area contributed by atoms with Gasteiger partial charge in [-0.2, -0.15) is 0 Å². The first-order valence-corrected chi connectivity index (χ1v) is 7.71. The van der Waals surface area contributed by atoms with Crippen molar-refractivity contribution in [2.75, 3.05) is 5.32 Å². The second kappa shape index (κ2) is 5.50. The summed E-state index contributed by atoms with van der Waals surface area (Å²) in [5, 5.41) is 12.9. The highest BCUT2D eigenvalue weighted by Gasteiger charge is 2.53. The summed E-state index contributed by atoms with van der Waals surface area (Å²) in [5.41, 5.74) is 0.543. The van der Waals surface area contributed by atoms with Crippen molar-refractivity contribution in [1.82, 2.24) is 0 Å². The van der Waals surface area contributed by atoms with E-state index in [1.165, 1.54) is 0 Å². The molecule has 0 heterocycles. The van der Waals surface area contributed by atoms with E-state index in [9.17, 15) is 14.7 Å². The van der Waals surface area contributed by atoms with Gasteiger partial charge in [0.2, 0.25) is 5.91 Å². The van der Waals surface area contributed by atoms with Gasteiger partial charge in [-0.15, -0.1) is 0 Å². The molecule has 112 valence electrons. The molecule has 1 aromatic rings. The highest BCUT2D eigenvalue weighted by molar-refractivity contribution is 6.42. The maximum atomic E-state index is 12.5. The highest BCUT2D eigenvalue weighted by Crippen LogP contribution is 2.52. The van der Waals surface area contributed by atoms with Gasteiger partial charge < -0.3 is 10.4 Å². The number of benzene rings is 1. The Bertz CT molecular complexity index is 605. The quantitative estimate of drug-likeness (QED) is 0.889. The molecule has 0 aromatic heterocycles. The monoisotopic (exact) mass is 327 g/mol. The van der Waals surface area contributed by atoms with E-state index < -0.39 is 17.8 Å². The molecule has 0 saturated heterocycles. The zero-order chi connectivity index (χ0) is 15.1. The number of anilines is 1. The van der Waals surface area contributed by atoms with Crippen LogP contribution in [0.4, 0.5) is 5.69 Å². The van der Waals surface area contributed by atoms with Crippen molar-refractivity contribution >= 4 is 40.8 Å². The summed E-state index contributed by atoms with van der Waals surface area (Å²) < 4.78 is 0. The van der Waals surface area contributed by atoms with E-state index in [0.29, 0.717) is 15.7 Å². The molecule has 2 aliphatic carbocycles. The molecule has 2 bridgehead atoms. The van der Waals surface area contributed by atoms with Crippen LogP contribution >= 0.6 is 23.2 Å². The summed E-state index contributed by atoms with van der Waals surface area (Å²) >= 11 is 11.8. The van der Waals surface area contributed by atoms with Gasteiger partial charge in [0.25, 0.3) is 0 Å². The van der Waals surface area contributed by atoms with Crippen LogP contribution in [0.25, 0.3) is 0 Å². The third-order valence-corrected chi connectivity index (χ3v) is 5.43. The average molecular weight is 328 g/mol. The lowest BCUT2D eigenvalue weighted by atomic mass is 9.78. The minimum atomic E-state index is -0.864. The molecule has 3 rings (SSSR count). The van der Waals surface area contributed by atoms with Crippen LogP contribution < -0.4 is 5.32 Å². The van der Waals surface area contributed by atoms with E-state index in [4.69, 9.17) is 23.2 Å². The van der Waals surface area contributed by atoms with Crippen LogP contribution in [-0.4, -0.2) is 17.0 Å². The number of aliphatic carboxylic acids is 1. The van der Waals surface area contributed by atoms with Crippen LogP contribution in [0.2, 0.25) is 10.0 Å². The molecule has 1 amide bonds. The summed E-state index contributed by atoms with van der Waals surface area (Å²) in [6, 6.07) is 4.84. The standard InChI is InChI=1S/C15H15Cl2NO3/c16-10-4-3-9(6-11(10)17)18-14(19)12-7-1-2-8(5-7)13(12)15(20)21/h3-4,6-8,12-13H,1-2,5H2,(H,18,19)(H,20,21)/t7-,8-,12-,13-/m0/s1. The third kappa shape index (κ3) is 2.62. The molecule has 1 aromatic carbocycles. The Morgan fingerprint density at radius 1 is 1.10 bits per heavy atom. The molecule has 2 fully saturated rings. The maximum absolute atomic E-state index is 12.5. The number of carboxylic acids is 1. The zero-order valence-corrected chi connectivity index (χ0v) is 12.7. The number of hydrogen-bond acceptors (Lipinski definition) is 2. The summed E-state index contributed by atoms with van der Waals surface area (Å²) in [5.74, 6) is -1.79. The third-order valence-electron chi connectivity index (χ3n) is 4.69. The van der Waals surface area contributed by atoms with Crippen molar-refractivity contribution in [2.45, 2.75) is 19.3 Å². The van der Waals surface area contributed by atoms with E-state index in [1.807, 2.05) is 0 Å². The van der Waals surface area contributed by atoms with Crippen molar-refractivity contribution < 1.29 is 14.7 Å². The van der Waals surface area contributed by atoms with Gasteiger partial charge in [-0.05, 0) is 49.3 Å². The molecule has 0 radical (unpaired) electrons. The van der Waals surface area contributed by atoms with Gasteiger partial charge >= 0.3 is 5.97 Å². The molecule has 6 heteroatoms. The molecular weight excluding hydrogens is 313 g/mol. The van der Waals surface area contributed by atoms with Gasteiger partial charge in [-0.3, -0.25) is 9.59 Å². The number of nitrogens with one attached hydrogen (secondary N) is 1. The fraction of sp³-hybridized carbons (Fsp3) is 0.467. The molecule has 21 heavy (non-hydrogen) atoms. The Morgan fingerprint density at radius 2 is 1.76 bits per heavy atom.